The zero-order chi connectivity index (χ0) is 22.1. The van der Waals surface area contributed by atoms with E-state index in [9.17, 15) is 9.59 Å². The Hall–Kier alpha value is -3.28. The minimum atomic E-state index is -0.140. The lowest BCUT2D eigenvalue weighted by Gasteiger charge is -2.18. The molecule has 0 bridgehead atoms. The molecule has 0 fully saturated rings. The van der Waals surface area contributed by atoms with E-state index in [0.29, 0.717) is 36.0 Å². The van der Waals surface area contributed by atoms with E-state index in [1.807, 2.05) is 63.2 Å². The van der Waals surface area contributed by atoms with Crippen molar-refractivity contribution < 1.29 is 14.3 Å². The second-order valence-corrected chi connectivity index (χ2v) is 7.49. The number of hydrogen-bond acceptors (Lipinski definition) is 4. The smallest absolute Gasteiger partial charge is 0.251 e. The van der Waals surface area contributed by atoms with Crippen LogP contribution >= 0.6 is 0 Å². The van der Waals surface area contributed by atoms with Crippen LogP contribution in [0.2, 0.25) is 0 Å². The molecular weight excluding hydrogens is 378 g/mol. The van der Waals surface area contributed by atoms with Crippen molar-refractivity contribution in [1.29, 1.82) is 0 Å². The minimum absolute atomic E-state index is 0.140. The molecule has 1 aromatic carbocycles. The van der Waals surface area contributed by atoms with Crippen molar-refractivity contribution >= 4 is 17.8 Å². The number of nitrogens with one attached hydrogen (secondary N) is 2. The van der Waals surface area contributed by atoms with Crippen LogP contribution in [0.3, 0.4) is 0 Å². The predicted octanol–water partition coefficient (Wildman–Crippen LogP) is 4.12. The van der Waals surface area contributed by atoms with Gasteiger partial charge in [-0.15, -0.1) is 0 Å². The van der Waals surface area contributed by atoms with Crippen LogP contribution in [0, 0.1) is 5.92 Å². The first-order chi connectivity index (χ1) is 14.4. The van der Waals surface area contributed by atoms with Crippen LogP contribution in [0.15, 0.2) is 48.8 Å². The average molecular weight is 410 g/mol. The molecule has 0 radical (unpaired) electrons. The van der Waals surface area contributed by atoms with Gasteiger partial charge >= 0.3 is 0 Å². The van der Waals surface area contributed by atoms with Gasteiger partial charge in [0, 0.05) is 54.8 Å². The van der Waals surface area contributed by atoms with Gasteiger partial charge in [0.15, 0.2) is 6.29 Å². The highest BCUT2D eigenvalue weighted by Gasteiger charge is 2.18. The lowest BCUT2D eigenvalue weighted by molar-refractivity contribution is 0.0948. The van der Waals surface area contributed by atoms with Crippen molar-refractivity contribution in [1.82, 2.24) is 15.2 Å². The number of nitrogens with zero attached hydrogens (tertiary/aromatic N) is 1. The summed E-state index contributed by atoms with van der Waals surface area (Å²) in [4.78, 5) is 29.2. The molecule has 6 heteroatoms. The number of carbonyl (C=O) groups is 2. The molecule has 2 N–H and O–H groups in total. The number of allylic oxidation sites excluding steroid dienone is 1. The van der Waals surface area contributed by atoms with Gasteiger partial charge in [0.05, 0.1) is 12.8 Å². The number of hydrogen-bond donors (Lipinski definition) is 2. The van der Waals surface area contributed by atoms with Crippen molar-refractivity contribution in [2.45, 2.75) is 20.8 Å². The molecule has 2 aromatic rings. The molecule has 0 aliphatic carbocycles. The van der Waals surface area contributed by atoms with E-state index >= 15 is 0 Å². The molecule has 30 heavy (non-hydrogen) atoms. The Morgan fingerprint density at radius 2 is 2.03 bits per heavy atom. The fraction of sp³-hybridized carbons (Fsp3) is 0.333. The highest BCUT2D eigenvalue weighted by atomic mass is 16.5. The van der Waals surface area contributed by atoms with Crippen molar-refractivity contribution in [3.05, 3.63) is 71.2 Å². The number of methoxy groups -OCH3 is 1. The number of aldehydes is 1. The maximum atomic E-state index is 12.6. The zero-order valence-electron chi connectivity index (χ0n) is 18.4. The van der Waals surface area contributed by atoms with Gasteiger partial charge in [-0.3, -0.25) is 9.59 Å². The Kier molecular flexibility index (Phi) is 8.47. The van der Waals surface area contributed by atoms with E-state index in [1.54, 1.807) is 25.4 Å². The second kappa shape index (κ2) is 11.0. The monoisotopic (exact) mass is 409 g/mol. The topological polar surface area (TPSA) is 74.4 Å². The standard InChI is InChI=1S/C24H31N3O3/c1-6-7-12-27(4)15-21(19-10-11-25-22(19)16-28)20-13-18(8-9-23(20)30-5)24(29)26-14-17(2)3/h6-11,13,15-17,25H,12,14H2,1-5H3,(H,26,29)/b7-6+,21-15+. The third-order valence-electron chi connectivity index (χ3n) is 4.59. The number of likely N-dealkylation sites (N-methyl/N-ethyl adjacent to an activating group) is 1. The van der Waals surface area contributed by atoms with Crippen LogP contribution in [0.5, 0.6) is 5.75 Å². The Balaban J connectivity index is 2.58. The lowest BCUT2D eigenvalue weighted by atomic mass is 9.96. The van der Waals surface area contributed by atoms with Crippen molar-refractivity contribution in [3.63, 3.8) is 0 Å². The van der Waals surface area contributed by atoms with Crippen molar-refractivity contribution in [2.24, 2.45) is 5.92 Å². The molecule has 2 rings (SSSR count). The fourth-order valence-electron chi connectivity index (χ4n) is 3.00. The predicted molar refractivity (Wildman–Crippen MR) is 121 cm³/mol. The van der Waals surface area contributed by atoms with Gasteiger partial charge in [0.25, 0.3) is 5.91 Å². The summed E-state index contributed by atoms with van der Waals surface area (Å²) in [7, 11) is 3.55. The molecular formula is C24H31N3O3. The SMILES string of the molecule is C/C=C/CN(C)/C=C(/c1cc(C(=O)NCC(C)C)ccc1OC)c1cc[nH]c1C=O. The zero-order valence-corrected chi connectivity index (χ0v) is 18.4. The molecule has 160 valence electrons. The van der Waals surface area contributed by atoms with Gasteiger partial charge in [-0.2, -0.15) is 0 Å². The highest BCUT2D eigenvalue weighted by molar-refractivity contribution is 5.97. The normalized spacial score (nSPS) is 11.7. The lowest BCUT2D eigenvalue weighted by Crippen LogP contribution is -2.27. The summed E-state index contributed by atoms with van der Waals surface area (Å²) in [5.74, 6) is 0.843. The first-order valence-corrected chi connectivity index (χ1v) is 10.0. The van der Waals surface area contributed by atoms with E-state index in [2.05, 4.69) is 10.3 Å². The number of ether oxygens (including phenoxy) is 1. The molecule has 0 unspecified atom stereocenters. The van der Waals surface area contributed by atoms with Gasteiger partial charge in [-0.05, 0) is 37.1 Å². The summed E-state index contributed by atoms with van der Waals surface area (Å²) >= 11 is 0. The molecule has 0 saturated carbocycles. The number of aromatic amines is 1. The van der Waals surface area contributed by atoms with E-state index < -0.39 is 0 Å². The number of carbonyl (C=O) groups excluding carboxylic acids is 2. The van der Waals surface area contributed by atoms with Crippen LogP contribution in [-0.4, -0.2) is 49.3 Å². The summed E-state index contributed by atoms with van der Waals surface area (Å²) in [5.41, 5.74) is 3.29. The van der Waals surface area contributed by atoms with Gasteiger partial charge < -0.3 is 19.9 Å². The summed E-state index contributed by atoms with van der Waals surface area (Å²) in [6.45, 7) is 7.37. The quantitative estimate of drug-likeness (QED) is 0.457. The van der Waals surface area contributed by atoms with Crippen molar-refractivity contribution in [2.75, 3.05) is 27.2 Å². The molecule has 0 atom stereocenters. The maximum Gasteiger partial charge on any atom is 0.251 e. The van der Waals surface area contributed by atoms with Gasteiger partial charge in [0.2, 0.25) is 0 Å². The van der Waals surface area contributed by atoms with Crippen LogP contribution in [0.4, 0.5) is 0 Å². The number of aromatic nitrogens is 1. The second-order valence-electron chi connectivity index (χ2n) is 7.49. The van der Waals surface area contributed by atoms with Crippen LogP contribution in [-0.2, 0) is 0 Å². The maximum absolute atomic E-state index is 12.6. The molecule has 6 nitrogen and oxygen atoms in total. The molecule has 0 spiro atoms. The first-order valence-electron chi connectivity index (χ1n) is 10.0. The first kappa shape index (κ1) is 23.0. The van der Waals surface area contributed by atoms with E-state index in [-0.39, 0.29) is 5.91 Å². The van der Waals surface area contributed by atoms with Crippen LogP contribution in [0.25, 0.3) is 5.57 Å². The molecule has 0 aliphatic heterocycles. The van der Waals surface area contributed by atoms with E-state index in [1.165, 1.54) is 0 Å². The summed E-state index contributed by atoms with van der Waals surface area (Å²) in [6, 6.07) is 7.19. The number of benzene rings is 1. The highest BCUT2D eigenvalue weighted by Crippen LogP contribution is 2.33. The fourth-order valence-corrected chi connectivity index (χ4v) is 3.00. The molecule has 0 saturated heterocycles. The molecule has 0 aliphatic rings. The summed E-state index contributed by atoms with van der Waals surface area (Å²) < 4.78 is 5.59. The Morgan fingerprint density at radius 1 is 1.27 bits per heavy atom. The molecule has 1 heterocycles. The van der Waals surface area contributed by atoms with E-state index in [0.717, 1.165) is 23.0 Å². The van der Waals surface area contributed by atoms with E-state index in [4.69, 9.17) is 4.74 Å². The minimum Gasteiger partial charge on any atom is -0.496 e. The summed E-state index contributed by atoms with van der Waals surface area (Å²) in [6.07, 6.45) is 8.51. The van der Waals surface area contributed by atoms with Gasteiger partial charge in [-0.25, -0.2) is 0 Å². The largest absolute Gasteiger partial charge is 0.496 e. The van der Waals surface area contributed by atoms with Gasteiger partial charge in [-0.1, -0.05) is 26.0 Å². The van der Waals surface area contributed by atoms with Crippen molar-refractivity contribution in [3.8, 4) is 5.75 Å². The Labute approximate surface area is 178 Å². The average Bonchev–Trinajstić information content (AvgIpc) is 3.22. The third-order valence-corrected chi connectivity index (χ3v) is 4.59. The van der Waals surface area contributed by atoms with Gasteiger partial charge in [0.1, 0.15) is 5.75 Å². The third kappa shape index (κ3) is 5.86. The number of amides is 1. The number of H-pyrrole nitrogens is 1. The van der Waals surface area contributed by atoms with Crippen LogP contribution in [0.1, 0.15) is 52.7 Å². The Bertz CT molecular complexity index is 926. The summed E-state index contributed by atoms with van der Waals surface area (Å²) in [5, 5.41) is 2.95. The van der Waals surface area contributed by atoms with Crippen LogP contribution < -0.4 is 10.1 Å². The molecule has 1 amide bonds. The molecule has 1 aromatic heterocycles. The number of rotatable bonds is 10. The Morgan fingerprint density at radius 3 is 2.67 bits per heavy atom.